The normalized spacial score (nSPS) is 15.2. The molecule has 156 valence electrons. The van der Waals surface area contributed by atoms with Crippen molar-refractivity contribution in [2.24, 2.45) is 0 Å². The van der Waals surface area contributed by atoms with Crippen molar-refractivity contribution in [1.82, 2.24) is 14.5 Å². The van der Waals surface area contributed by atoms with E-state index in [9.17, 15) is 14.0 Å². The number of aromatic nitrogens is 2. The molecule has 1 aliphatic rings. The molecular formula is C24H26FN3O2. The molecule has 0 aliphatic carbocycles. The highest BCUT2D eigenvalue weighted by atomic mass is 19.1. The number of hydrogen-bond acceptors (Lipinski definition) is 3. The molecule has 1 unspecified atom stereocenters. The standard InChI is InChI=1S/C24H26FN3O2/c1-16(17-8-11-19(25)12-9-17)27(2)23(29)18-10-13-20-21(15-18)26-22-7-5-3-4-6-14-28(22)24(20)30/h8-13,15-16H,3-7,14H2,1-2H3. The maximum atomic E-state index is 13.2. The summed E-state index contributed by atoms with van der Waals surface area (Å²) in [4.78, 5) is 32.4. The van der Waals surface area contributed by atoms with Crippen LogP contribution in [0.4, 0.5) is 4.39 Å². The van der Waals surface area contributed by atoms with Crippen LogP contribution in [0.2, 0.25) is 0 Å². The molecule has 2 aromatic carbocycles. The lowest BCUT2D eigenvalue weighted by Gasteiger charge is -2.25. The highest BCUT2D eigenvalue weighted by molar-refractivity contribution is 5.97. The van der Waals surface area contributed by atoms with Gasteiger partial charge in [0.15, 0.2) is 0 Å². The Morgan fingerprint density at radius 3 is 2.60 bits per heavy atom. The Labute approximate surface area is 175 Å². The van der Waals surface area contributed by atoms with Crippen LogP contribution >= 0.6 is 0 Å². The van der Waals surface area contributed by atoms with Gasteiger partial charge in [0.2, 0.25) is 0 Å². The van der Waals surface area contributed by atoms with Crippen LogP contribution in [0, 0.1) is 5.82 Å². The van der Waals surface area contributed by atoms with E-state index in [1.54, 1.807) is 46.8 Å². The monoisotopic (exact) mass is 407 g/mol. The molecule has 2 heterocycles. The number of amides is 1. The van der Waals surface area contributed by atoms with Crippen LogP contribution in [0.25, 0.3) is 10.9 Å². The summed E-state index contributed by atoms with van der Waals surface area (Å²) in [5.74, 6) is 0.342. The largest absolute Gasteiger partial charge is 0.335 e. The molecule has 1 atom stereocenters. The van der Waals surface area contributed by atoms with Crippen molar-refractivity contribution < 1.29 is 9.18 Å². The molecule has 3 aromatic rings. The summed E-state index contributed by atoms with van der Waals surface area (Å²) in [5.41, 5.74) is 1.89. The van der Waals surface area contributed by atoms with Crippen LogP contribution in [0.15, 0.2) is 47.3 Å². The van der Waals surface area contributed by atoms with Crippen LogP contribution in [-0.2, 0) is 13.0 Å². The summed E-state index contributed by atoms with van der Waals surface area (Å²) in [5, 5.41) is 0.546. The summed E-state index contributed by atoms with van der Waals surface area (Å²) >= 11 is 0. The van der Waals surface area contributed by atoms with Crippen LogP contribution in [0.5, 0.6) is 0 Å². The van der Waals surface area contributed by atoms with Gasteiger partial charge in [0.25, 0.3) is 11.5 Å². The zero-order valence-electron chi connectivity index (χ0n) is 17.4. The third kappa shape index (κ3) is 3.86. The quantitative estimate of drug-likeness (QED) is 0.643. The molecular weight excluding hydrogens is 381 g/mol. The molecule has 4 rings (SSSR count). The minimum Gasteiger partial charge on any atom is -0.335 e. The minimum atomic E-state index is -0.304. The summed E-state index contributed by atoms with van der Waals surface area (Å²) < 4.78 is 15.0. The maximum Gasteiger partial charge on any atom is 0.261 e. The molecule has 1 amide bonds. The first-order valence-electron chi connectivity index (χ1n) is 10.5. The van der Waals surface area contributed by atoms with Gasteiger partial charge in [-0.1, -0.05) is 25.0 Å². The zero-order chi connectivity index (χ0) is 21.3. The average molecular weight is 407 g/mol. The fraction of sp³-hybridized carbons (Fsp3) is 0.375. The Morgan fingerprint density at radius 2 is 1.83 bits per heavy atom. The first-order chi connectivity index (χ1) is 14.5. The van der Waals surface area contributed by atoms with Crippen molar-refractivity contribution >= 4 is 16.8 Å². The molecule has 0 spiro atoms. The topological polar surface area (TPSA) is 55.2 Å². The Bertz CT molecular complexity index is 1140. The number of hydrogen-bond donors (Lipinski definition) is 0. The summed E-state index contributed by atoms with van der Waals surface area (Å²) in [7, 11) is 1.73. The number of benzene rings is 2. The Balaban J connectivity index is 1.67. The van der Waals surface area contributed by atoms with E-state index in [4.69, 9.17) is 4.98 Å². The average Bonchev–Trinajstić information content (AvgIpc) is 2.74. The first kappa shape index (κ1) is 20.3. The van der Waals surface area contributed by atoms with E-state index in [1.165, 1.54) is 12.1 Å². The van der Waals surface area contributed by atoms with E-state index in [0.29, 0.717) is 23.0 Å². The number of carbonyl (C=O) groups is 1. The lowest BCUT2D eigenvalue weighted by Crippen LogP contribution is -2.30. The highest BCUT2D eigenvalue weighted by Crippen LogP contribution is 2.22. The fourth-order valence-electron chi connectivity index (χ4n) is 4.07. The van der Waals surface area contributed by atoms with Crippen LogP contribution < -0.4 is 5.56 Å². The smallest absolute Gasteiger partial charge is 0.261 e. The van der Waals surface area contributed by atoms with Crippen LogP contribution in [0.1, 0.15) is 60.4 Å². The molecule has 0 saturated carbocycles. The summed E-state index contributed by atoms with van der Waals surface area (Å²) in [6.45, 7) is 2.61. The van der Waals surface area contributed by atoms with Crippen LogP contribution in [0.3, 0.4) is 0 Å². The van der Waals surface area contributed by atoms with E-state index >= 15 is 0 Å². The molecule has 0 fully saturated rings. The number of nitrogens with zero attached hydrogens (tertiary/aromatic N) is 3. The Hall–Kier alpha value is -3.02. The van der Waals surface area contributed by atoms with E-state index < -0.39 is 0 Å². The van der Waals surface area contributed by atoms with Gasteiger partial charge in [-0.25, -0.2) is 9.37 Å². The predicted octanol–water partition coefficient (Wildman–Crippen LogP) is 4.49. The second-order valence-corrected chi connectivity index (χ2v) is 8.02. The van der Waals surface area contributed by atoms with Crippen molar-refractivity contribution in [3.63, 3.8) is 0 Å². The zero-order valence-corrected chi connectivity index (χ0v) is 17.4. The van der Waals surface area contributed by atoms with E-state index in [2.05, 4.69) is 0 Å². The molecule has 5 nitrogen and oxygen atoms in total. The second-order valence-electron chi connectivity index (χ2n) is 8.02. The van der Waals surface area contributed by atoms with E-state index in [1.807, 2.05) is 6.92 Å². The fourth-order valence-corrected chi connectivity index (χ4v) is 4.07. The second kappa shape index (κ2) is 8.38. The van der Waals surface area contributed by atoms with Gasteiger partial charge in [0, 0.05) is 25.6 Å². The summed E-state index contributed by atoms with van der Waals surface area (Å²) in [6.07, 6.45) is 5.08. The highest BCUT2D eigenvalue weighted by Gasteiger charge is 2.20. The Morgan fingerprint density at radius 1 is 1.10 bits per heavy atom. The Kier molecular flexibility index (Phi) is 5.66. The summed E-state index contributed by atoms with van der Waals surface area (Å²) in [6, 6.07) is 11.1. The number of carbonyl (C=O) groups excluding carboxylic acids is 1. The third-order valence-corrected chi connectivity index (χ3v) is 6.07. The molecule has 0 radical (unpaired) electrons. The van der Waals surface area contributed by atoms with Gasteiger partial charge in [0.05, 0.1) is 16.9 Å². The molecule has 1 aliphatic heterocycles. The lowest BCUT2D eigenvalue weighted by molar-refractivity contribution is 0.0743. The number of rotatable bonds is 3. The van der Waals surface area contributed by atoms with Gasteiger partial charge in [-0.15, -0.1) is 0 Å². The molecule has 0 N–H and O–H groups in total. The SMILES string of the molecule is CC(c1ccc(F)cc1)N(C)C(=O)c1ccc2c(=O)n3c(nc2c1)CCCCCC3. The maximum absolute atomic E-state index is 13.2. The third-order valence-electron chi connectivity index (χ3n) is 6.07. The van der Waals surface area contributed by atoms with Crippen molar-refractivity contribution in [3.05, 3.63) is 75.6 Å². The van der Waals surface area contributed by atoms with Gasteiger partial charge < -0.3 is 4.90 Å². The molecule has 0 bridgehead atoms. The van der Waals surface area contributed by atoms with Crippen LogP contribution in [-0.4, -0.2) is 27.4 Å². The van der Waals surface area contributed by atoms with Gasteiger partial charge in [-0.2, -0.15) is 0 Å². The van der Waals surface area contributed by atoms with Crippen molar-refractivity contribution in [1.29, 1.82) is 0 Å². The predicted molar refractivity (Wildman–Crippen MR) is 115 cm³/mol. The molecule has 6 heteroatoms. The first-order valence-corrected chi connectivity index (χ1v) is 10.5. The number of halogens is 1. The van der Waals surface area contributed by atoms with Gasteiger partial charge in [-0.05, 0) is 55.7 Å². The van der Waals surface area contributed by atoms with Gasteiger partial charge >= 0.3 is 0 Å². The molecule has 1 aromatic heterocycles. The van der Waals surface area contributed by atoms with E-state index in [-0.39, 0.29) is 23.3 Å². The molecule has 30 heavy (non-hydrogen) atoms. The lowest BCUT2D eigenvalue weighted by atomic mass is 10.0. The van der Waals surface area contributed by atoms with E-state index in [0.717, 1.165) is 43.5 Å². The van der Waals surface area contributed by atoms with Gasteiger partial charge in [-0.3, -0.25) is 14.2 Å². The van der Waals surface area contributed by atoms with Crippen molar-refractivity contribution in [2.45, 2.75) is 51.6 Å². The number of fused-ring (bicyclic) bond motifs is 2. The molecule has 0 saturated heterocycles. The van der Waals surface area contributed by atoms with Gasteiger partial charge in [0.1, 0.15) is 11.6 Å². The minimum absolute atomic E-state index is 0.0241. The van der Waals surface area contributed by atoms with Crippen molar-refractivity contribution in [2.75, 3.05) is 7.05 Å². The van der Waals surface area contributed by atoms with Crippen molar-refractivity contribution in [3.8, 4) is 0 Å². The number of aryl methyl sites for hydroxylation is 1.